The fraction of sp³-hybridized carbons (Fsp3) is 0.333. The van der Waals surface area contributed by atoms with Gasteiger partial charge in [0.1, 0.15) is 11.8 Å². The molecule has 0 aliphatic carbocycles. The standard InChI is InChI=1S/C15H18N2O3/c1-10(15(18)19)17(3)9-13-11(2)20-14(16-13)12-7-5-4-6-8-12/h4-8,10H,9H2,1-3H3,(H,18,19). The molecule has 0 saturated heterocycles. The lowest BCUT2D eigenvalue weighted by atomic mass is 10.2. The van der Waals surface area contributed by atoms with Gasteiger partial charge in [-0.3, -0.25) is 9.69 Å². The molecule has 1 N–H and O–H groups in total. The van der Waals surface area contributed by atoms with Crippen molar-refractivity contribution in [3.05, 3.63) is 41.8 Å². The van der Waals surface area contributed by atoms with Crippen molar-refractivity contribution in [3.8, 4) is 11.5 Å². The van der Waals surface area contributed by atoms with Gasteiger partial charge < -0.3 is 9.52 Å². The Kier molecular flexibility index (Phi) is 4.20. The number of benzene rings is 1. The van der Waals surface area contributed by atoms with Gasteiger partial charge in [0.15, 0.2) is 0 Å². The zero-order valence-corrected chi connectivity index (χ0v) is 11.8. The molecule has 0 radical (unpaired) electrons. The topological polar surface area (TPSA) is 66.6 Å². The molecular formula is C15H18N2O3. The number of aromatic nitrogens is 1. The summed E-state index contributed by atoms with van der Waals surface area (Å²) < 4.78 is 5.66. The second-order valence-corrected chi connectivity index (χ2v) is 4.82. The maximum atomic E-state index is 11.0. The SMILES string of the molecule is Cc1oc(-c2ccccc2)nc1CN(C)C(C)C(=O)O. The van der Waals surface area contributed by atoms with Gasteiger partial charge in [-0.05, 0) is 33.0 Å². The minimum atomic E-state index is -0.850. The molecular weight excluding hydrogens is 256 g/mol. The molecule has 0 saturated carbocycles. The predicted molar refractivity (Wildman–Crippen MR) is 75.2 cm³/mol. The van der Waals surface area contributed by atoms with Gasteiger partial charge in [-0.25, -0.2) is 4.98 Å². The van der Waals surface area contributed by atoms with E-state index in [0.717, 1.165) is 11.3 Å². The summed E-state index contributed by atoms with van der Waals surface area (Å²) >= 11 is 0. The average molecular weight is 274 g/mol. The van der Waals surface area contributed by atoms with Crippen molar-refractivity contribution in [1.29, 1.82) is 0 Å². The minimum absolute atomic E-state index is 0.440. The quantitative estimate of drug-likeness (QED) is 0.907. The van der Waals surface area contributed by atoms with Crippen LogP contribution in [-0.4, -0.2) is 34.0 Å². The molecule has 1 unspecified atom stereocenters. The summed E-state index contributed by atoms with van der Waals surface area (Å²) in [5.74, 6) is 0.430. The Hall–Kier alpha value is -2.14. The molecule has 0 amide bonds. The molecule has 1 heterocycles. The van der Waals surface area contributed by atoms with E-state index in [-0.39, 0.29) is 0 Å². The lowest BCUT2D eigenvalue weighted by Crippen LogP contribution is -2.35. The highest BCUT2D eigenvalue weighted by atomic mass is 16.4. The molecule has 106 valence electrons. The Labute approximate surface area is 117 Å². The molecule has 1 aromatic carbocycles. The van der Waals surface area contributed by atoms with Crippen molar-refractivity contribution in [2.24, 2.45) is 0 Å². The summed E-state index contributed by atoms with van der Waals surface area (Å²) in [6.07, 6.45) is 0. The molecule has 20 heavy (non-hydrogen) atoms. The van der Waals surface area contributed by atoms with E-state index in [1.54, 1.807) is 18.9 Å². The van der Waals surface area contributed by atoms with Gasteiger partial charge in [-0.1, -0.05) is 18.2 Å². The zero-order valence-electron chi connectivity index (χ0n) is 11.8. The summed E-state index contributed by atoms with van der Waals surface area (Å²) in [7, 11) is 1.76. The van der Waals surface area contributed by atoms with Crippen LogP contribution in [0.1, 0.15) is 18.4 Å². The Morgan fingerprint density at radius 2 is 2.05 bits per heavy atom. The van der Waals surface area contributed by atoms with E-state index in [2.05, 4.69) is 4.98 Å². The van der Waals surface area contributed by atoms with Crippen LogP contribution < -0.4 is 0 Å². The molecule has 5 nitrogen and oxygen atoms in total. The van der Waals surface area contributed by atoms with Crippen LogP contribution in [-0.2, 0) is 11.3 Å². The number of rotatable bonds is 5. The van der Waals surface area contributed by atoms with Crippen molar-refractivity contribution >= 4 is 5.97 Å². The monoisotopic (exact) mass is 274 g/mol. The second-order valence-electron chi connectivity index (χ2n) is 4.82. The number of oxazole rings is 1. The molecule has 2 rings (SSSR count). The maximum absolute atomic E-state index is 11.0. The molecule has 0 fully saturated rings. The number of hydrogen-bond acceptors (Lipinski definition) is 4. The molecule has 0 aliphatic rings. The number of aliphatic carboxylic acids is 1. The van der Waals surface area contributed by atoms with Crippen LogP contribution in [0, 0.1) is 6.92 Å². The van der Waals surface area contributed by atoms with Gasteiger partial charge in [0.05, 0.1) is 5.69 Å². The molecule has 0 aliphatic heterocycles. The van der Waals surface area contributed by atoms with Crippen molar-refractivity contribution < 1.29 is 14.3 Å². The summed E-state index contributed by atoms with van der Waals surface area (Å²) in [6.45, 7) is 3.93. The third-order valence-electron chi connectivity index (χ3n) is 3.33. The molecule has 0 bridgehead atoms. The minimum Gasteiger partial charge on any atom is -0.480 e. The predicted octanol–water partition coefficient (Wildman–Crippen LogP) is 2.55. The first-order chi connectivity index (χ1) is 9.49. The molecule has 0 spiro atoms. The van der Waals surface area contributed by atoms with E-state index >= 15 is 0 Å². The first kappa shape index (κ1) is 14.3. The Bertz CT molecular complexity index is 592. The largest absolute Gasteiger partial charge is 0.480 e. The fourth-order valence-corrected chi connectivity index (χ4v) is 1.84. The number of likely N-dealkylation sites (N-methyl/N-ethyl adjacent to an activating group) is 1. The van der Waals surface area contributed by atoms with E-state index in [1.165, 1.54) is 0 Å². The van der Waals surface area contributed by atoms with Crippen LogP contribution in [0.3, 0.4) is 0 Å². The van der Waals surface area contributed by atoms with Crippen molar-refractivity contribution in [2.75, 3.05) is 7.05 Å². The zero-order chi connectivity index (χ0) is 14.7. The first-order valence-electron chi connectivity index (χ1n) is 6.44. The van der Waals surface area contributed by atoms with Gasteiger partial charge in [0, 0.05) is 12.1 Å². The highest BCUT2D eigenvalue weighted by Gasteiger charge is 2.20. The Morgan fingerprint density at radius 1 is 1.40 bits per heavy atom. The van der Waals surface area contributed by atoms with E-state index < -0.39 is 12.0 Å². The highest BCUT2D eigenvalue weighted by molar-refractivity contribution is 5.72. The lowest BCUT2D eigenvalue weighted by Gasteiger charge is -2.19. The summed E-state index contributed by atoms with van der Waals surface area (Å²) in [5, 5.41) is 9.00. The number of hydrogen-bond donors (Lipinski definition) is 1. The van der Waals surface area contributed by atoms with Crippen LogP contribution in [0.25, 0.3) is 11.5 Å². The van der Waals surface area contributed by atoms with Gasteiger partial charge in [0.25, 0.3) is 0 Å². The number of nitrogens with zero attached hydrogens (tertiary/aromatic N) is 2. The van der Waals surface area contributed by atoms with E-state index in [1.807, 2.05) is 37.3 Å². The molecule has 1 aromatic heterocycles. The maximum Gasteiger partial charge on any atom is 0.320 e. The summed E-state index contributed by atoms with van der Waals surface area (Å²) in [6, 6.07) is 9.08. The van der Waals surface area contributed by atoms with Gasteiger partial charge >= 0.3 is 5.97 Å². The number of aryl methyl sites for hydroxylation is 1. The smallest absolute Gasteiger partial charge is 0.320 e. The normalized spacial score (nSPS) is 12.6. The molecule has 1 atom stereocenters. The average Bonchev–Trinajstić information content (AvgIpc) is 2.80. The van der Waals surface area contributed by atoms with Gasteiger partial charge in [-0.2, -0.15) is 0 Å². The molecule has 5 heteroatoms. The third kappa shape index (κ3) is 3.05. The van der Waals surface area contributed by atoms with Crippen LogP contribution in [0.5, 0.6) is 0 Å². The third-order valence-corrected chi connectivity index (χ3v) is 3.33. The van der Waals surface area contributed by atoms with Crippen molar-refractivity contribution in [1.82, 2.24) is 9.88 Å². The highest BCUT2D eigenvalue weighted by Crippen LogP contribution is 2.22. The van der Waals surface area contributed by atoms with E-state index in [4.69, 9.17) is 9.52 Å². The Balaban J connectivity index is 2.18. The number of carboxylic acid groups (broad SMARTS) is 1. The number of carbonyl (C=O) groups is 1. The van der Waals surface area contributed by atoms with Gasteiger partial charge in [0.2, 0.25) is 5.89 Å². The lowest BCUT2D eigenvalue weighted by molar-refractivity contribution is -0.142. The second kappa shape index (κ2) is 5.88. The van der Waals surface area contributed by atoms with Crippen molar-refractivity contribution in [2.45, 2.75) is 26.4 Å². The van der Waals surface area contributed by atoms with Gasteiger partial charge in [-0.15, -0.1) is 0 Å². The van der Waals surface area contributed by atoms with Crippen molar-refractivity contribution in [3.63, 3.8) is 0 Å². The summed E-state index contributed by atoms with van der Waals surface area (Å²) in [5.41, 5.74) is 1.68. The van der Waals surface area contributed by atoms with Crippen LogP contribution >= 0.6 is 0 Å². The van der Waals surface area contributed by atoms with E-state index in [0.29, 0.717) is 18.2 Å². The Morgan fingerprint density at radius 3 is 2.65 bits per heavy atom. The molecule has 2 aromatic rings. The van der Waals surface area contributed by atoms with Crippen LogP contribution in [0.15, 0.2) is 34.7 Å². The summed E-state index contributed by atoms with van der Waals surface area (Å²) in [4.78, 5) is 17.1. The van der Waals surface area contributed by atoms with Crippen LogP contribution in [0.4, 0.5) is 0 Å². The first-order valence-corrected chi connectivity index (χ1v) is 6.44. The van der Waals surface area contributed by atoms with E-state index in [9.17, 15) is 4.79 Å². The fourth-order valence-electron chi connectivity index (χ4n) is 1.84. The van der Waals surface area contributed by atoms with Crippen LogP contribution in [0.2, 0.25) is 0 Å². The number of carboxylic acids is 1.